The van der Waals surface area contributed by atoms with Gasteiger partial charge in [0, 0.05) is 0 Å². The number of hydrogen-bond donors (Lipinski definition) is 1. The Morgan fingerprint density at radius 3 is 2.26 bits per heavy atom. The molecule has 0 fully saturated rings. The minimum Gasteiger partial charge on any atom is -0.296 e. The molecule has 0 saturated heterocycles. The standard InChI is InChI=1S/C13H10N4O2/c18-8-11-4-1-3-10(15-11)7-14-17-13-6-2-5-12(9-19)16-13/h1-9H,(H,16,17)/b14-7-. The number of carbonyl (C=O) groups excluding carboxylic acids is 2. The predicted molar refractivity (Wildman–Crippen MR) is 70.5 cm³/mol. The van der Waals surface area contributed by atoms with Gasteiger partial charge in [0.2, 0.25) is 0 Å². The van der Waals surface area contributed by atoms with Gasteiger partial charge in [-0.3, -0.25) is 15.0 Å². The first-order chi connectivity index (χ1) is 9.31. The molecule has 0 aliphatic rings. The minimum atomic E-state index is 0.321. The molecule has 0 amide bonds. The van der Waals surface area contributed by atoms with Crippen LogP contribution in [0.4, 0.5) is 5.82 Å². The SMILES string of the molecule is O=Cc1cccc(/C=N\Nc2cccc(C=O)n2)n1. The summed E-state index contributed by atoms with van der Waals surface area (Å²) in [5.74, 6) is 0.451. The number of aromatic nitrogens is 2. The van der Waals surface area contributed by atoms with Gasteiger partial charge in [0.05, 0.1) is 11.9 Å². The highest BCUT2D eigenvalue weighted by molar-refractivity contribution is 5.80. The van der Waals surface area contributed by atoms with Gasteiger partial charge in [0.25, 0.3) is 0 Å². The normalized spacial score (nSPS) is 10.3. The number of nitrogens with one attached hydrogen (secondary N) is 1. The third-order valence-corrected chi connectivity index (χ3v) is 2.18. The van der Waals surface area contributed by atoms with E-state index in [2.05, 4.69) is 20.5 Å². The average molecular weight is 254 g/mol. The van der Waals surface area contributed by atoms with Crippen LogP contribution >= 0.6 is 0 Å². The maximum absolute atomic E-state index is 10.6. The average Bonchev–Trinajstić information content (AvgIpc) is 2.48. The van der Waals surface area contributed by atoms with E-state index >= 15 is 0 Å². The van der Waals surface area contributed by atoms with Crippen molar-refractivity contribution in [2.75, 3.05) is 5.43 Å². The second kappa shape index (κ2) is 6.15. The summed E-state index contributed by atoms with van der Waals surface area (Å²) in [4.78, 5) is 29.1. The maximum Gasteiger partial charge on any atom is 0.168 e. The van der Waals surface area contributed by atoms with Crippen LogP contribution in [0.1, 0.15) is 26.7 Å². The van der Waals surface area contributed by atoms with E-state index in [9.17, 15) is 9.59 Å². The van der Waals surface area contributed by atoms with E-state index < -0.39 is 0 Å². The Bertz CT molecular complexity index is 626. The van der Waals surface area contributed by atoms with Gasteiger partial charge < -0.3 is 0 Å². The summed E-state index contributed by atoms with van der Waals surface area (Å²) in [5.41, 5.74) is 3.88. The summed E-state index contributed by atoms with van der Waals surface area (Å²) in [5, 5.41) is 3.93. The van der Waals surface area contributed by atoms with Crippen LogP contribution < -0.4 is 5.43 Å². The van der Waals surface area contributed by atoms with Crippen molar-refractivity contribution in [2.24, 2.45) is 5.10 Å². The number of aldehydes is 2. The summed E-state index contributed by atoms with van der Waals surface area (Å²) in [6.07, 6.45) is 2.78. The van der Waals surface area contributed by atoms with E-state index in [4.69, 9.17) is 0 Å². The Labute approximate surface area is 109 Å². The minimum absolute atomic E-state index is 0.321. The van der Waals surface area contributed by atoms with Crippen molar-refractivity contribution >= 4 is 24.6 Å². The van der Waals surface area contributed by atoms with Crippen LogP contribution in [0, 0.1) is 0 Å². The zero-order chi connectivity index (χ0) is 13.5. The lowest BCUT2D eigenvalue weighted by Crippen LogP contribution is -1.97. The molecule has 2 aromatic rings. The van der Waals surface area contributed by atoms with Crippen LogP contribution in [0.5, 0.6) is 0 Å². The molecule has 2 aromatic heterocycles. The molecule has 0 saturated carbocycles. The van der Waals surface area contributed by atoms with Crippen molar-refractivity contribution in [3.05, 3.63) is 53.5 Å². The van der Waals surface area contributed by atoms with Gasteiger partial charge in [-0.05, 0) is 24.3 Å². The highest BCUT2D eigenvalue weighted by Crippen LogP contribution is 2.03. The summed E-state index contributed by atoms with van der Waals surface area (Å²) in [6.45, 7) is 0. The molecule has 6 nitrogen and oxygen atoms in total. The Hall–Kier alpha value is -2.89. The van der Waals surface area contributed by atoms with Crippen LogP contribution in [0.2, 0.25) is 0 Å². The van der Waals surface area contributed by atoms with Gasteiger partial charge in [0.15, 0.2) is 12.6 Å². The second-order valence-electron chi connectivity index (χ2n) is 3.54. The fourth-order valence-electron chi connectivity index (χ4n) is 1.35. The molecule has 0 bridgehead atoms. The van der Waals surface area contributed by atoms with Crippen molar-refractivity contribution in [3.63, 3.8) is 0 Å². The van der Waals surface area contributed by atoms with E-state index in [1.807, 2.05) is 0 Å². The summed E-state index contributed by atoms with van der Waals surface area (Å²) < 4.78 is 0. The third-order valence-electron chi connectivity index (χ3n) is 2.18. The van der Waals surface area contributed by atoms with Crippen molar-refractivity contribution in [2.45, 2.75) is 0 Å². The number of carbonyl (C=O) groups is 2. The smallest absolute Gasteiger partial charge is 0.168 e. The van der Waals surface area contributed by atoms with Crippen LogP contribution in [0.25, 0.3) is 0 Å². The van der Waals surface area contributed by atoms with Gasteiger partial charge >= 0.3 is 0 Å². The van der Waals surface area contributed by atoms with Crippen molar-refractivity contribution in [1.82, 2.24) is 9.97 Å². The molecule has 0 atom stereocenters. The van der Waals surface area contributed by atoms with E-state index in [-0.39, 0.29) is 0 Å². The quantitative estimate of drug-likeness (QED) is 0.497. The molecular weight excluding hydrogens is 244 g/mol. The molecule has 0 unspecified atom stereocenters. The molecule has 2 rings (SSSR count). The predicted octanol–water partition coefficient (Wildman–Crippen LogP) is 1.55. The van der Waals surface area contributed by atoms with Gasteiger partial charge in [-0.15, -0.1) is 0 Å². The summed E-state index contributed by atoms with van der Waals surface area (Å²) >= 11 is 0. The first-order valence-corrected chi connectivity index (χ1v) is 5.45. The Morgan fingerprint density at radius 2 is 1.53 bits per heavy atom. The molecule has 6 heteroatoms. The molecular formula is C13H10N4O2. The van der Waals surface area contributed by atoms with Gasteiger partial charge in [-0.2, -0.15) is 5.10 Å². The third kappa shape index (κ3) is 3.53. The van der Waals surface area contributed by atoms with E-state index in [1.165, 1.54) is 6.21 Å². The number of pyridine rings is 2. The first kappa shape index (κ1) is 12.6. The summed E-state index contributed by atoms with van der Waals surface area (Å²) in [7, 11) is 0. The molecule has 0 aromatic carbocycles. The van der Waals surface area contributed by atoms with Crippen LogP contribution in [-0.2, 0) is 0 Å². The Morgan fingerprint density at radius 1 is 0.895 bits per heavy atom. The van der Waals surface area contributed by atoms with E-state index in [0.29, 0.717) is 35.5 Å². The molecule has 2 heterocycles. The largest absolute Gasteiger partial charge is 0.296 e. The van der Waals surface area contributed by atoms with Gasteiger partial charge in [0.1, 0.15) is 17.2 Å². The Kier molecular flexibility index (Phi) is 4.07. The zero-order valence-electron chi connectivity index (χ0n) is 9.85. The lowest BCUT2D eigenvalue weighted by Gasteiger charge is -1.99. The fourth-order valence-corrected chi connectivity index (χ4v) is 1.35. The highest BCUT2D eigenvalue weighted by Gasteiger charge is 1.95. The number of nitrogens with zero attached hydrogens (tertiary/aromatic N) is 3. The number of hydrazone groups is 1. The zero-order valence-corrected chi connectivity index (χ0v) is 9.85. The van der Waals surface area contributed by atoms with Crippen molar-refractivity contribution in [1.29, 1.82) is 0 Å². The van der Waals surface area contributed by atoms with Crippen LogP contribution in [0.3, 0.4) is 0 Å². The lowest BCUT2D eigenvalue weighted by atomic mass is 10.3. The Balaban J connectivity index is 2.06. The first-order valence-electron chi connectivity index (χ1n) is 5.45. The summed E-state index contributed by atoms with van der Waals surface area (Å²) in [6, 6.07) is 10.0. The van der Waals surface area contributed by atoms with Crippen LogP contribution in [-0.4, -0.2) is 28.8 Å². The van der Waals surface area contributed by atoms with Gasteiger partial charge in [-0.25, -0.2) is 9.97 Å². The molecule has 0 radical (unpaired) electrons. The fraction of sp³-hybridized carbons (Fsp3) is 0. The maximum atomic E-state index is 10.6. The number of rotatable bonds is 5. The molecule has 0 spiro atoms. The van der Waals surface area contributed by atoms with Gasteiger partial charge in [-0.1, -0.05) is 12.1 Å². The van der Waals surface area contributed by atoms with Crippen LogP contribution in [0.15, 0.2) is 41.5 Å². The lowest BCUT2D eigenvalue weighted by molar-refractivity contribution is 0.111. The molecule has 0 aliphatic heterocycles. The van der Waals surface area contributed by atoms with E-state index in [0.717, 1.165) is 0 Å². The molecule has 0 aliphatic carbocycles. The van der Waals surface area contributed by atoms with Crippen molar-refractivity contribution < 1.29 is 9.59 Å². The topological polar surface area (TPSA) is 84.3 Å². The molecule has 1 N–H and O–H groups in total. The van der Waals surface area contributed by atoms with Crippen molar-refractivity contribution in [3.8, 4) is 0 Å². The number of anilines is 1. The van der Waals surface area contributed by atoms with E-state index in [1.54, 1.807) is 36.4 Å². The number of hydrogen-bond acceptors (Lipinski definition) is 6. The molecule has 94 valence electrons. The highest BCUT2D eigenvalue weighted by atomic mass is 16.1. The molecule has 19 heavy (non-hydrogen) atoms. The monoisotopic (exact) mass is 254 g/mol. The second-order valence-corrected chi connectivity index (χ2v) is 3.54.